The minimum atomic E-state index is -4.72. The predicted molar refractivity (Wildman–Crippen MR) is 134 cm³/mol. The van der Waals surface area contributed by atoms with Crippen molar-refractivity contribution in [2.75, 3.05) is 13.2 Å². The maximum atomic E-state index is 13.0. The van der Waals surface area contributed by atoms with Crippen LogP contribution in [0.4, 0.5) is 13.2 Å². The molecule has 2 aromatic rings. The highest BCUT2D eigenvalue weighted by Crippen LogP contribution is 2.36. The quantitative estimate of drug-likeness (QED) is 0.354. The maximum absolute atomic E-state index is 13.0. The SMILES string of the molecule is CCc1cc(C)cc(OCCOc2ccc(Cl)cc2C=C2C(=N)N3N=C(C(F)(F)F)SC3=NC2=O)c1. The third-order valence-electron chi connectivity index (χ3n) is 5.10. The first-order valence-corrected chi connectivity index (χ1v) is 12.0. The van der Waals surface area contributed by atoms with Crippen LogP contribution in [0.15, 0.2) is 52.1 Å². The fourth-order valence-electron chi connectivity index (χ4n) is 3.45. The minimum absolute atomic E-state index is 0.170. The molecule has 0 saturated heterocycles. The van der Waals surface area contributed by atoms with Crippen molar-refractivity contribution < 1.29 is 27.4 Å². The standard InChI is InChI=1S/C24H20ClF3N4O3S/c1-3-14-8-13(2)9-17(10-14)34-6-7-35-19-5-4-16(25)11-15(19)12-18-20(29)32-23(30-21(18)33)36-22(31-32)24(26,27)28/h4-5,8-12,29H,3,6-7H2,1-2H3. The van der Waals surface area contributed by atoms with Crippen molar-refractivity contribution in [1.29, 1.82) is 5.41 Å². The first kappa shape index (κ1) is 25.8. The summed E-state index contributed by atoms with van der Waals surface area (Å²) in [6, 6.07) is 10.7. The molecule has 0 radical (unpaired) electrons. The lowest BCUT2D eigenvalue weighted by atomic mass is 10.1. The molecule has 2 aliphatic rings. The molecule has 0 fully saturated rings. The van der Waals surface area contributed by atoms with E-state index in [0.717, 1.165) is 23.3 Å². The van der Waals surface area contributed by atoms with Gasteiger partial charge >= 0.3 is 6.18 Å². The number of hydrogen-bond donors (Lipinski definition) is 1. The topological polar surface area (TPSA) is 87.3 Å². The Morgan fingerprint density at radius 3 is 2.64 bits per heavy atom. The second-order valence-corrected chi connectivity index (χ2v) is 9.20. The van der Waals surface area contributed by atoms with Crippen LogP contribution >= 0.6 is 23.4 Å². The second-order valence-electron chi connectivity index (χ2n) is 7.81. The van der Waals surface area contributed by atoms with Gasteiger partial charge in [0.1, 0.15) is 24.7 Å². The number of rotatable bonds is 7. The van der Waals surface area contributed by atoms with Crippen molar-refractivity contribution in [3.05, 3.63) is 63.7 Å². The zero-order valence-corrected chi connectivity index (χ0v) is 20.7. The summed E-state index contributed by atoms with van der Waals surface area (Å²) in [6.45, 7) is 4.46. The van der Waals surface area contributed by atoms with E-state index >= 15 is 0 Å². The zero-order chi connectivity index (χ0) is 26.0. The fraction of sp³-hybridized carbons (Fsp3) is 0.250. The molecule has 2 aromatic carbocycles. The van der Waals surface area contributed by atoms with Crippen molar-refractivity contribution in [1.82, 2.24) is 5.01 Å². The van der Waals surface area contributed by atoms with E-state index < -0.39 is 23.0 Å². The van der Waals surface area contributed by atoms with Crippen LogP contribution in [0.1, 0.15) is 23.6 Å². The summed E-state index contributed by atoms with van der Waals surface area (Å²) in [4.78, 5) is 16.2. The molecule has 36 heavy (non-hydrogen) atoms. The second kappa shape index (κ2) is 10.4. The summed E-state index contributed by atoms with van der Waals surface area (Å²) in [5.41, 5.74) is 2.35. The molecule has 2 aliphatic heterocycles. The number of aryl methyl sites for hydroxylation is 2. The molecule has 0 aliphatic carbocycles. The number of carbonyl (C=O) groups is 1. The molecule has 12 heteroatoms. The van der Waals surface area contributed by atoms with E-state index in [1.165, 1.54) is 12.1 Å². The van der Waals surface area contributed by atoms with Crippen molar-refractivity contribution in [3.8, 4) is 11.5 Å². The van der Waals surface area contributed by atoms with E-state index in [1.807, 2.05) is 19.1 Å². The molecule has 0 spiro atoms. The number of hydrazone groups is 1. The van der Waals surface area contributed by atoms with Crippen molar-refractivity contribution in [2.24, 2.45) is 10.1 Å². The van der Waals surface area contributed by atoms with Crippen LogP contribution in [0.2, 0.25) is 5.02 Å². The van der Waals surface area contributed by atoms with E-state index in [2.05, 4.69) is 23.1 Å². The Labute approximate surface area is 214 Å². The highest BCUT2D eigenvalue weighted by Gasteiger charge is 2.46. The van der Waals surface area contributed by atoms with Crippen molar-refractivity contribution >= 4 is 51.4 Å². The lowest BCUT2D eigenvalue weighted by Crippen LogP contribution is -2.35. The summed E-state index contributed by atoms with van der Waals surface area (Å²) >= 11 is 6.30. The van der Waals surface area contributed by atoms with E-state index in [9.17, 15) is 18.0 Å². The summed E-state index contributed by atoms with van der Waals surface area (Å²) in [7, 11) is 0. The number of nitrogens with zero attached hydrogens (tertiary/aromatic N) is 3. The van der Waals surface area contributed by atoms with Gasteiger partial charge in [0.15, 0.2) is 5.84 Å². The minimum Gasteiger partial charge on any atom is -0.490 e. The summed E-state index contributed by atoms with van der Waals surface area (Å²) in [5.74, 6) is -0.319. The smallest absolute Gasteiger partial charge is 0.441 e. The van der Waals surface area contributed by atoms with Gasteiger partial charge in [0.2, 0.25) is 10.2 Å². The Hall–Kier alpha value is -3.31. The van der Waals surface area contributed by atoms with Gasteiger partial charge in [-0.1, -0.05) is 24.6 Å². The number of ether oxygens (including phenoxy) is 2. The highest BCUT2D eigenvalue weighted by molar-refractivity contribution is 8.27. The highest BCUT2D eigenvalue weighted by atomic mass is 35.5. The van der Waals surface area contributed by atoms with E-state index in [4.69, 9.17) is 26.5 Å². The normalized spacial score (nSPS) is 16.7. The van der Waals surface area contributed by atoms with E-state index in [0.29, 0.717) is 21.3 Å². The molecule has 0 unspecified atom stereocenters. The van der Waals surface area contributed by atoms with Gasteiger partial charge in [0.05, 0.1) is 5.57 Å². The zero-order valence-electron chi connectivity index (χ0n) is 19.1. The number of benzene rings is 2. The van der Waals surface area contributed by atoms with Crippen LogP contribution in [0, 0.1) is 12.3 Å². The van der Waals surface area contributed by atoms with Gasteiger partial charge in [0, 0.05) is 10.6 Å². The molecule has 0 atom stereocenters. The van der Waals surface area contributed by atoms with Gasteiger partial charge in [0.25, 0.3) is 5.91 Å². The Bertz CT molecular complexity index is 1320. The number of alkyl halides is 3. The summed E-state index contributed by atoms with van der Waals surface area (Å²) in [6.07, 6.45) is -2.53. The first-order chi connectivity index (χ1) is 17.0. The molecule has 0 saturated carbocycles. The molecule has 1 N–H and O–H groups in total. The van der Waals surface area contributed by atoms with Crippen LogP contribution in [0.3, 0.4) is 0 Å². The van der Waals surface area contributed by atoms with Crippen LogP contribution in [0.5, 0.6) is 11.5 Å². The number of halogens is 4. The summed E-state index contributed by atoms with van der Waals surface area (Å²) in [5, 5.41) is 11.2. The Morgan fingerprint density at radius 2 is 1.92 bits per heavy atom. The van der Waals surface area contributed by atoms with Crippen molar-refractivity contribution in [3.63, 3.8) is 0 Å². The van der Waals surface area contributed by atoms with Crippen LogP contribution in [-0.4, -0.2) is 46.4 Å². The number of hydrogen-bond acceptors (Lipinski definition) is 6. The van der Waals surface area contributed by atoms with Crippen LogP contribution in [0.25, 0.3) is 6.08 Å². The van der Waals surface area contributed by atoms with Gasteiger partial charge in [-0.2, -0.15) is 28.3 Å². The van der Waals surface area contributed by atoms with E-state index in [1.54, 1.807) is 12.1 Å². The monoisotopic (exact) mass is 536 g/mol. The molecule has 1 amide bonds. The lowest BCUT2D eigenvalue weighted by molar-refractivity contribution is -0.114. The third kappa shape index (κ3) is 5.73. The first-order valence-electron chi connectivity index (χ1n) is 10.8. The average Bonchev–Trinajstić information content (AvgIpc) is 3.25. The Kier molecular flexibility index (Phi) is 7.41. The van der Waals surface area contributed by atoms with Gasteiger partial charge in [-0.25, -0.2) is 0 Å². The van der Waals surface area contributed by atoms with Gasteiger partial charge < -0.3 is 9.47 Å². The van der Waals surface area contributed by atoms with E-state index in [-0.39, 0.29) is 35.7 Å². The molecule has 2 heterocycles. The number of amides is 1. The number of thioether (sulfide) groups is 1. The lowest BCUT2D eigenvalue weighted by Gasteiger charge is -2.20. The van der Waals surface area contributed by atoms with Crippen molar-refractivity contribution in [2.45, 2.75) is 26.4 Å². The summed E-state index contributed by atoms with van der Waals surface area (Å²) < 4.78 is 50.7. The molecular weight excluding hydrogens is 517 g/mol. The molecular formula is C24H20ClF3N4O3S. The van der Waals surface area contributed by atoms with Gasteiger partial charge in [-0.05, 0) is 72.6 Å². The maximum Gasteiger partial charge on any atom is 0.441 e. The number of nitrogens with one attached hydrogen (secondary N) is 1. The Morgan fingerprint density at radius 1 is 1.17 bits per heavy atom. The molecule has 4 rings (SSSR count). The Balaban J connectivity index is 1.51. The largest absolute Gasteiger partial charge is 0.490 e. The number of aliphatic imine (C=N–C) groups is 1. The van der Waals surface area contributed by atoms with Gasteiger partial charge in [-0.3, -0.25) is 10.2 Å². The molecule has 7 nitrogen and oxygen atoms in total. The number of fused-ring (bicyclic) bond motifs is 1. The number of carbonyl (C=O) groups excluding carboxylic acids is 1. The number of amidine groups is 2. The molecule has 0 bridgehead atoms. The van der Waals surface area contributed by atoms with Crippen LogP contribution in [-0.2, 0) is 11.2 Å². The third-order valence-corrected chi connectivity index (χ3v) is 6.29. The molecule has 0 aromatic heterocycles. The fourth-order valence-corrected chi connectivity index (χ4v) is 4.39. The predicted octanol–water partition coefficient (Wildman–Crippen LogP) is 5.85. The average molecular weight is 537 g/mol. The van der Waals surface area contributed by atoms with Gasteiger partial charge in [-0.15, -0.1) is 0 Å². The van der Waals surface area contributed by atoms with Crippen LogP contribution < -0.4 is 9.47 Å². The molecule has 188 valence electrons.